The van der Waals surface area contributed by atoms with Gasteiger partial charge in [0.05, 0.1) is 19.8 Å². The van der Waals surface area contributed by atoms with E-state index < -0.39 is 5.97 Å². The molecule has 5 nitrogen and oxygen atoms in total. The first kappa shape index (κ1) is 21.3. The van der Waals surface area contributed by atoms with Gasteiger partial charge in [-0.3, -0.25) is 4.79 Å². The minimum atomic E-state index is -0.463. The van der Waals surface area contributed by atoms with Crippen LogP contribution >= 0.6 is 15.9 Å². The molecule has 0 bridgehead atoms. The third kappa shape index (κ3) is 5.36. The van der Waals surface area contributed by atoms with E-state index in [1.807, 2.05) is 6.07 Å². The number of rotatable bonds is 7. The van der Waals surface area contributed by atoms with Gasteiger partial charge in [0, 0.05) is 10.0 Å². The van der Waals surface area contributed by atoms with Crippen molar-refractivity contribution in [2.75, 3.05) is 14.2 Å². The van der Waals surface area contributed by atoms with Crippen LogP contribution in [-0.4, -0.2) is 26.0 Å². The first-order chi connectivity index (χ1) is 14.5. The van der Waals surface area contributed by atoms with E-state index in [-0.39, 0.29) is 5.78 Å². The van der Waals surface area contributed by atoms with Crippen molar-refractivity contribution in [3.8, 4) is 17.2 Å². The van der Waals surface area contributed by atoms with Crippen molar-refractivity contribution < 1.29 is 23.8 Å². The van der Waals surface area contributed by atoms with Crippen molar-refractivity contribution in [1.29, 1.82) is 0 Å². The number of esters is 1. The molecule has 0 aliphatic heterocycles. The Morgan fingerprint density at radius 1 is 0.800 bits per heavy atom. The summed E-state index contributed by atoms with van der Waals surface area (Å²) in [5.41, 5.74) is 1.73. The molecule has 0 radical (unpaired) electrons. The monoisotopic (exact) mass is 466 g/mol. The molecule has 30 heavy (non-hydrogen) atoms. The van der Waals surface area contributed by atoms with Crippen molar-refractivity contribution >= 4 is 33.8 Å². The predicted octanol–water partition coefficient (Wildman–Crippen LogP) is 5.58. The Bertz CT molecular complexity index is 1070. The summed E-state index contributed by atoms with van der Waals surface area (Å²) in [6.07, 6.45) is 3.18. The molecule has 0 saturated carbocycles. The van der Waals surface area contributed by atoms with Crippen LogP contribution in [-0.2, 0) is 0 Å². The Balaban J connectivity index is 1.65. The molecule has 3 aromatic rings. The molecule has 0 heterocycles. The first-order valence-electron chi connectivity index (χ1n) is 9.02. The van der Waals surface area contributed by atoms with E-state index in [2.05, 4.69) is 15.9 Å². The molecule has 0 spiro atoms. The van der Waals surface area contributed by atoms with Crippen molar-refractivity contribution in [3.63, 3.8) is 0 Å². The second-order valence-corrected chi connectivity index (χ2v) is 7.15. The highest BCUT2D eigenvalue weighted by Crippen LogP contribution is 2.28. The number of allylic oxidation sites excluding steroid dienone is 1. The number of halogens is 1. The van der Waals surface area contributed by atoms with Gasteiger partial charge in [-0.2, -0.15) is 0 Å². The second-order valence-electron chi connectivity index (χ2n) is 6.23. The van der Waals surface area contributed by atoms with Gasteiger partial charge in [-0.1, -0.05) is 28.1 Å². The van der Waals surface area contributed by atoms with Crippen LogP contribution in [0.4, 0.5) is 0 Å². The molecule has 0 unspecified atom stereocenters. The van der Waals surface area contributed by atoms with Crippen LogP contribution in [0.15, 0.2) is 77.3 Å². The second kappa shape index (κ2) is 9.89. The molecule has 0 saturated heterocycles. The van der Waals surface area contributed by atoms with E-state index in [0.717, 1.165) is 10.0 Å². The summed E-state index contributed by atoms with van der Waals surface area (Å²) in [6, 6.07) is 18.7. The molecule has 152 valence electrons. The van der Waals surface area contributed by atoms with Gasteiger partial charge in [0.2, 0.25) is 0 Å². The first-order valence-corrected chi connectivity index (χ1v) is 9.81. The van der Waals surface area contributed by atoms with Crippen LogP contribution in [0.3, 0.4) is 0 Å². The molecular weight excluding hydrogens is 448 g/mol. The van der Waals surface area contributed by atoms with E-state index in [1.54, 1.807) is 81.0 Å². The fourth-order valence-corrected chi connectivity index (χ4v) is 2.93. The smallest absolute Gasteiger partial charge is 0.343 e. The van der Waals surface area contributed by atoms with E-state index in [0.29, 0.717) is 28.4 Å². The Kier molecular flexibility index (Phi) is 7.03. The highest BCUT2D eigenvalue weighted by Gasteiger charge is 2.09. The van der Waals surface area contributed by atoms with Crippen molar-refractivity contribution in [3.05, 3.63) is 94.0 Å². The fourth-order valence-electron chi connectivity index (χ4n) is 2.66. The number of hydrogen-bond donors (Lipinski definition) is 0. The lowest BCUT2D eigenvalue weighted by molar-refractivity contribution is 0.0734. The normalized spacial score (nSPS) is 10.6. The largest absolute Gasteiger partial charge is 0.493 e. The summed E-state index contributed by atoms with van der Waals surface area (Å²) in [7, 11) is 3.12. The lowest BCUT2D eigenvalue weighted by atomic mass is 10.1. The van der Waals surface area contributed by atoms with Gasteiger partial charge < -0.3 is 14.2 Å². The number of hydrogen-bond acceptors (Lipinski definition) is 5. The summed E-state index contributed by atoms with van der Waals surface area (Å²) in [5.74, 6) is 0.937. The zero-order chi connectivity index (χ0) is 21.5. The quantitative estimate of drug-likeness (QED) is 0.197. The lowest BCUT2D eigenvalue weighted by Crippen LogP contribution is -2.08. The minimum Gasteiger partial charge on any atom is -0.493 e. The van der Waals surface area contributed by atoms with Crippen LogP contribution in [0.5, 0.6) is 17.2 Å². The highest BCUT2D eigenvalue weighted by atomic mass is 79.9. The number of carbonyl (C=O) groups excluding carboxylic acids is 2. The number of methoxy groups -OCH3 is 2. The molecule has 0 fully saturated rings. The maximum absolute atomic E-state index is 12.4. The topological polar surface area (TPSA) is 61.8 Å². The highest BCUT2D eigenvalue weighted by molar-refractivity contribution is 9.10. The minimum absolute atomic E-state index is 0.171. The standard InChI is InChI=1S/C24H19BrO5/c1-28-22-14-4-16(15-23(22)29-2)3-13-21(26)17-7-11-20(12-8-17)30-24(27)18-5-9-19(25)10-6-18/h3-15H,1-2H3. The summed E-state index contributed by atoms with van der Waals surface area (Å²) in [5, 5.41) is 0. The molecule has 0 N–H and O–H groups in total. The fraction of sp³-hybridized carbons (Fsp3) is 0.0833. The van der Waals surface area contributed by atoms with Gasteiger partial charge in [-0.05, 0) is 72.3 Å². The molecule has 0 aliphatic rings. The molecule has 0 aromatic heterocycles. The molecule has 0 aliphatic carbocycles. The zero-order valence-corrected chi connectivity index (χ0v) is 18.0. The van der Waals surface area contributed by atoms with Gasteiger partial charge in [0.25, 0.3) is 0 Å². The van der Waals surface area contributed by atoms with Crippen LogP contribution in [0.2, 0.25) is 0 Å². The van der Waals surface area contributed by atoms with Gasteiger partial charge in [-0.15, -0.1) is 0 Å². The molecule has 0 atom stereocenters. The van der Waals surface area contributed by atoms with Crippen molar-refractivity contribution in [1.82, 2.24) is 0 Å². The molecule has 3 aromatic carbocycles. The Hall–Kier alpha value is -3.38. The third-order valence-corrected chi connectivity index (χ3v) is 4.79. The molecule has 6 heteroatoms. The summed E-state index contributed by atoms with van der Waals surface area (Å²) in [6.45, 7) is 0. The maximum atomic E-state index is 12.4. The number of ketones is 1. The van der Waals surface area contributed by atoms with Gasteiger partial charge in [0.15, 0.2) is 17.3 Å². The predicted molar refractivity (Wildman–Crippen MR) is 118 cm³/mol. The van der Waals surface area contributed by atoms with Crippen LogP contribution < -0.4 is 14.2 Å². The van der Waals surface area contributed by atoms with Crippen molar-refractivity contribution in [2.45, 2.75) is 0 Å². The van der Waals surface area contributed by atoms with Crippen LogP contribution in [0.25, 0.3) is 6.08 Å². The Labute approximate surface area is 183 Å². The van der Waals surface area contributed by atoms with E-state index >= 15 is 0 Å². The average molecular weight is 467 g/mol. The van der Waals surface area contributed by atoms with E-state index in [4.69, 9.17) is 14.2 Å². The Morgan fingerprint density at radius 3 is 2.07 bits per heavy atom. The number of carbonyl (C=O) groups is 2. The lowest BCUT2D eigenvalue weighted by Gasteiger charge is -2.07. The summed E-state index contributed by atoms with van der Waals surface area (Å²) >= 11 is 3.32. The summed E-state index contributed by atoms with van der Waals surface area (Å²) in [4.78, 5) is 24.6. The SMILES string of the molecule is COc1ccc(C=CC(=O)c2ccc(OC(=O)c3ccc(Br)cc3)cc2)cc1OC. The Morgan fingerprint density at radius 2 is 1.43 bits per heavy atom. The van der Waals surface area contributed by atoms with E-state index in [9.17, 15) is 9.59 Å². The van der Waals surface area contributed by atoms with Gasteiger partial charge in [0.1, 0.15) is 5.75 Å². The number of benzene rings is 3. The third-order valence-electron chi connectivity index (χ3n) is 4.26. The maximum Gasteiger partial charge on any atom is 0.343 e. The molecule has 0 amide bonds. The van der Waals surface area contributed by atoms with Gasteiger partial charge in [-0.25, -0.2) is 4.79 Å². The van der Waals surface area contributed by atoms with Crippen LogP contribution in [0, 0.1) is 0 Å². The zero-order valence-electron chi connectivity index (χ0n) is 16.4. The van der Waals surface area contributed by atoms with E-state index in [1.165, 1.54) is 6.08 Å². The molecule has 3 rings (SSSR count). The average Bonchev–Trinajstić information content (AvgIpc) is 2.78. The van der Waals surface area contributed by atoms with Gasteiger partial charge >= 0.3 is 5.97 Å². The summed E-state index contributed by atoms with van der Waals surface area (Å²) < 4.78 is 16.7. The number of ether oxygens (including phenoxy) is 3. The molecular formula is C24H19BrO5. The van der Waals surface area contributed by atoms with Crippen LogP contribution in [0.1, 0.15) is 26.3 Å². The van der Waals surface area contributed by atoms with Crippen molar-refractivity contribution in [2.24, 2.45) is 0 Å².